The molecular formula is C12H18N4O. The van der Waals surface area contributed by atoms with E-state index < -0.39 is 0 Å². The third kappa shape index (κ3) is 3.44. The van der Waals surface area contributed by atoms with Crippen LogP contribution >= 0.6 is 0 Å². The van der Waals surface area contributed by atoms with Gasteiger partial charge in [0.2, 0.25) is 0 Å². The molecule has 1 aliphatic heterocycles. The molecule has 2 rings (SSSR count). The molecule has 1 heterocycles. The third-order valence-corrected chi connectivity index (χ3v) is 2.99. The van der Waals surface area contributed by atoms with Crippen LogP contribution in [0.3, 0.4) is 0 Å². The first-order valence-corrected chi connectivity index (χ1v) is 5.81. The fourth-order valence-electron chi connectivity index (χ4n) is 2.16. The minimum atomic E-state index is -0.309. The SMILES string of the molecule is NNC(=O)NC1CCN(Cc2ccccc2)C1. The molecule has 0 radical (unpaired) electrons. The number of amides is 2. The van der Waals surface area contributed by atoms with E-state index in [1.54, 1.807) is 0 Å². The second-order valence-electron chi connectivity index (χ2n) is 4.32. The van der Waals surface area contributed by atoms with Crippen molar-refractivity contribution < 1.29 is 4.79 Å². The van der Waals surface area contributed by atoms with Gasteiger partial charge in [0.25, 0.3) is 0 Å². The standard InChI is InChI=1S/C12H18N4O/c13-15-12(17)14-11-6-7-16(9-11)8-10-4-2-1-3-5-10/h1-5,11H,6-9,13H2,(H2,14,15,17). The normalized spacial score (nSPS) is 20.2. The maximum Gasteiger partial charge on any atom is 0.329 e. The number of likely N-dealkylation sites (tertiary alicyclic amines) is 1. The molecule has 0 spiro atoms. The van der Waals surface area contributed by atoms with Gasteiger partial charge in [0.05, 0.1) is 0 Å². The highest BCUT2D eigenvalue weighted by Crippen LogP contribution is 2.13. The van der Waals surface area contributed by atoms with Crippen LogP contribution in [0.5, 0.6) is 0 Å². The largest absolute Gasteiger partial charge is 0.333 e. The zero-order valence-electron chi connectivity index (χ0n) is 9.73. The topological polar surface area (TPSA) is 70.4 Å². The van der Waals surface area contributed by atoms with Gasteiger partial charge in [-0.25, -0.2) is 10.6 Å². The summed E-state index contributed by atoms with van der Waals surface area (Å²) in [6, 6.07) is 10.2. The Hall–Kier alpha value is -1.59. The van der Waals surface area contributed by atoms with Crippen LogP contribution in [0.4, 0.5) is 4.79 Å². The van der Waals surface area contributed by atoms with Gasteiger partial charge in [0.15, 0.2) is 0 Å². The van der Waals surface area contributed by atoms with Gasteiger partial charge >= 0.3 is 6.03 Å². The molecule has 0 aromatic heterocycles. The van der Waals surface area contributed by atoms with Crippen molar-refractivity contribution in [2.24, 2.45) is 5.84 Å². The Kier molecular flexibility index (Phi) is 3.95. The summed E-state index contributed by atoms with van der Waals surface area (Å²) >= 11 is 0. The molecule has 5 heteroatoms. The number of benzene rings is 1. The van der Waals surface area contributed by atoms with E-state index in [-0.39, 0.29) is 12.1 Å². The van der Waals surface area contributed by atoms with Crippen molar-refractivity contribution in [3.05, 3.63) is 35.9 Å². The molecule has 1 unspecified atom stereocenters. The summed E-state index contributed by atoms with van der Waals surface area (Å²) in [6.07, 6.45) is 0.972. The van der Waals surface area contributed by atoms with Gasteiger partial charge in [-0.1, -0.05) is 30.3 Å². The molecule has 1 aromatic rings. The molecule has 92 valence electrons. The van der Waals surface area contributed by atoms with Gasteiger partial charge in [-0.05, 0) is 12.0 Å². The van der Waals surface area contributed by atoms with Crippen molar-refractivity contribution in [2.75, 3.05) is 13.1 Å². The first kappa shape index (κ1) is 11.9. The number of carbonyl (C=O) groups is 1. The van der Waals surface area contributed by atoms with Crippen LogP contribution < -0.4 is 16.6 Å². The maximum absolute atomic E-state index is 11.1. The highest BCUT2D eigenvalue weighted by atomic mass is 16.2. The van der Waals surface area contributed by atoms with E-state index in [1.165, 1.54) is 5.56 Å². The fourth-order valence-corrected chi connectivity index (χ4v) is 2.16. The number of urea groups is 1. The van der Waals surface area contributed by atoms with Crippen molar-refractivity contribution in [2.45, 2.75) is 19.0 Å². The Morgan fingerprint density at radius 1 is 1.41 bits per heavy atom. The molecule has 1 aromatic carbocycles. The maximum atomic E-state index is 11.1. The zero-order chi connectivity index (χ0) is 12.1. The smallest absolute Gasteiger partial charge is 0.329 e. The minimum absolute atomic E-state index is 0.197. The Morgan fingerprint density at radius 2 is 2.18 bits per heavy atom. The van der Waals surface area contributed by atoms with Gasteiger partial charge in [-0.3, -0.25) is 10.3 Å². The van der Waals surface area contributed by atoms with Crippen molar-refractivity contribution in [3.63, 3.8) is 0 Å². The van der Waals surface area contributed by atoms with Crippen LogP contribution in [0, 0.1) is 0 Å². The van der Waals surface area contributed by atoms with E-state index in [1.807, 2.05) is 18.2 Å². The number of nitrogens with two attached hydrogens (primary N) is 1. The van der Waals surface area contributed by atoms with E-state index >= 15 is 0 Å². The van der Waals surface area contributed by atoms with Gasteiger partial charge in [0, 0.05) is 25.7 Å². The summed E-state index contributed by atoms with van der Waals surface area (Å²) < 4.78 is 0. The summed E-state index contributed by atoms with van der Waals surface area (Å²) in [6.45, 7) is 2.82. The highest BCUT2D eigenvalue weighted by Gasteiger charge is 2.23. The lowest BCUT2D eigenvalue weighted by atomic mass is 10.2. The number of rotatable bonds is 3. The van der Waals surface area contributed by atoms with Crippen molar-refractivity contribution in [1.29, 1.82) is 0 Å². The van der Waals surface area contributed by atoms with Gasteiger partial charge in [-0.15, -0.1) is 0 Å². The van der Waals surface area contributed by atoms with Crippen LogP contribution in [0.1, 0.15) is 12.0 Å². The first-order valence-electron chi connectivity index (χ1n) is 5.81. The zero-order valence-corrected chi connectivity index (χ0v) is 9.73. The summed E-state index contributed by atoms with van der Waals surface area (Å²) in [4.78, 5) is 13.4. The number of hydrazine groups is 1. The summed E-state index contributed by atoms with van der Waals surface area (Å²) in [5.74, 6) is 5.03. The molecule has 1 aliphatic rings. The highest BCUT2D eigenvalue weighted by molar-refractivity contribution is 5.73. The molecule has 17 heavy (non-hydrogen) atoms. The molecule has 0 aliphatic carbocycles. The van der Waals surface area contributed by atoms with E-state index in [4.69, 9.17) is 5.84 Å². The Bertz CT molecular complexity index is 368. The van der Waals surface area contributed by atoms with Crippen LogP contribution in [-0.2, 0) is 6.54 Å². The Labute approximate surface area is 101 Å². The number of carbonyl (C=O) groups excluding carboxylic acids is 1. The van der Waals surface area contributed by atoms with E-state index in [0.717, 1.165) is 26.1 Å². The predicted octanol–water partition coefficient (Wildman–Crippen LogP) is 0.434. The number of hydrogen-bond acceptors (Lipinski definition) is 3. The summed E-state index contributed by atoms with van der Waals surface area (Å²) in [5.41, 5.74) is 3.39. The average Bonchev–Trinajstić information content (AvgIpc) is 2.77. The van der Waals surface area contributed by atoms with Crippen molar-refractivity contribution in [1.82, 2.24) is 15.6 Å². The first-order chi connectivity index (χ1) is 8.28. The van der Waals surface area contributed by atoms with E-state index in [2.05, 4.69) is 27.8 Å². The molecule has 5 nitrogen and oxygen atoms in total. The van der Waals surface area contributed by atoms with Crippen LogP contribution in [0.15, 0.2) is 30.3 Å². The van der Waals surface area contributed by atoms with Crippen LogP contribution in [0.25, 0.3) is 0 Å². The third-order valence-electron chi connectivity index (χ3n) is 2.99. The monoisotopic (exact) mass is 234 g/mol. The molecule has 1 saturated heterocycles. The summed E-state index contributed by atoms with van der Waals surface area (Å²) in [7, 11) is 0. The minimum Gasteiger partial charge on any atom is -0.333 e. The Morgan fingerprint density at radius 3 is 2.88 bits per heavy atom. The molecule has 0 bridgehead atoms. The lowest BCUT2D eigenvalue weighted by Gasteiger charge is -2.16. The second-order valence-corrected chi connectivity index (χ2v) is 4.32. The van der Waals surface area contributed by atoms with Gasteiger partial charge in [0.1, 0.15) is 0 Å². The molecule has 1 atom stereocenters. The average molecular weight is 234 g/mol. The molecule has 4 N–H and O–H groups in total. The number of nitrogens with one attached hydrogen (secondary N) is 2. The lowest BCUT2D eigenvalue weighted by molar-refractivity contribution is 0.236. The van der Waals surface area contributed by atoms with Crippen molar-refractivity contribution in [3.8, 4) is 0 Å². The number of nitrogens with zero attached hydrogens (tertiary/aromatic N) is 1. The molecule has 0 saturated carbocycles. The van der Waals surface area contributed by atoms with E-state index in [9.17, 15) is 4.79 Å². The van der Waals surface area contributed by atoms with Crippen LogP contribution in [-0.4, -0.2) is 30.1 Å². The second kappa shape index (κ2) is 5.65. The van der Waals surface area contributed by atoms with Crippen LogP contribution in [0.2, 0.25) is 0 Å². The van der Waals surface area contributed by atoms with E-state index in [0.29, 0.717) is 0 Å². The number of hydrogen-bond donors (Lipinski definition) is 3. The lowest BCUT2D eigenvalue weighted by Crippen LogP contribution is -2.45. The predicted molar refractivity (Wildman–Crippen MR) is 66.0 cm³/mol. The Balaban J connectivity index is 1.80. The summed E-state index contributed by atoms with van der Waals surface area (Å²) in [5, 5.41) is 2.83. The van der Waals surface area contributed by atoms with Crippen molar-refractivity contribution >= 4 is 6.03 Å². The van der Waals surface area contributed by atoms with Gasteiger partial charge < -0.3 is 5.32 Å². The quantitative estimate of drug-likeness (QED) is 0.403. The molecule has 1 fully saturated rings. The molecular weight excluding hydrogens is 216 g/mol. The van der Waals surface area contributed by atoms with Gasteiger partial charge in [-0.2, -0.15) is 0 Å². The fraction of sp³-hybridized carbons (Fsp3) is 0.417. The molecule has 2 amide bonds.